The van der Waals surface area contributed by atoms with Crippen molar-refractivity contribution in [3.8, 4) is 0 Å². The predicted octanol–water partition coefficient (Wildman–Crippen LogP) is 2.76. The van der Waals surface area contributed by atoms with Crippen LogP contribution in [-0.4, -0.2) is 15.2 Å². The summed E-state index contributed by atoms with van der Waals surface area (Å²) in [4.78, 5) is 4.29. The molecule has 13 heavy (non-hydrogen) atoms. The van der Waals surface area contributed by atoms with Crippen molar-refractivity contribution in [3.63, 3.8) is 0 Å². The maximum Gasteiger partial charge on any atom is 0.213 e. The van der Waals surface area contributed by atoms with Crippen LogP contribution in [-0.2, 0) is 0 Å². The second-order valence-electron chi connectivity index (χ2n) is 4.49. The topological polar surface area (TPSA) is 44.5 Å². The van der Waals surface area contributed by atoms with Crippen LogP contribution in [0.4, 0.5) is 0 Å². The monoisotopic (exact) mass is 197 g/mol. The first-order valence-electron chi connectivity index (χ1n) is 4.74. The smallest absolute Gasteiger partial charge is 0.213 e. The van der Waals surface area contributed by atoms with Gasteiger partial charge in [0.05, 0.1) is 0 Å². The Morgan fingerprint density at radius 1 is 1.46 bits per heavy atom. The van der Waals surface area contributed by atoms with E-state index in [1.54, 1.807) is 0 Å². The number of hydrogen-bond acceptors (Lipinski definition) is 2. The van der Waals surface area contributed by atoms with Gasteiger partial charge in [0.2, 0.25) is 4.77 Å². The number of rotatable bonds is 1. The van der Waals surface area contributed by atoms with E-state index in [9.17, 15) is 0 Å². The lowest BCUT2D eigenvalue weighted by Crippen LogP contribution is -2.16. The molecular weight excluding hydrogens is 182 g/mol. The zero-order valence-corrected chi connectivity index (χ0v) is 8.87. The first kappa shape index (κ1) is 8.94. The summed E-state index contributed by atoms with van der Waals surface area (Å²) in [5.74, 6) is 1.58. The van der Waals surface area contributed by atoms with Crippen LogP contribution in [0.5, 0.6) is 0 Å². The highest BCUT2D eigenvalue weighted by Crippen LogP contribution is 2.47. The van der Waals surface area contributed by atoms with Gasteiger partial charge >= 0.3 is 0 Å². The van der Waals surface area contributed by atoms with Gasteiger partial charge in [-0.2, -0.15) is 0 Å². The van der Waals surface area contributed by atoms with Gasteiger partial charge in [0.1, 0.15) is 5.82 Å². The van der Waals surface area contributed by atoms with Crippen molar-refractivity contribution < 1.29 is 0 Å². The molecule has 0 aliphatic heterocycles. The van der Waals surface area contributed by atoms with E-state index in [1.807, 2.05) is 0 Å². The van der Waals surface area contributed by atoms with Gasteiger partial charge in [-0.1, -0.05) is 20.3 Å². The summed E-state index contributed by atoms with van der Waals surface area (Å²) < 4.78 is 0.567. The van der Waals surface area contributed by atoms with Gasteiger partial charge in [0.15, 0.2) is 0 Å². The third-order valence-corrected chi connectivity index (χ3v) is 3.30. The molecule has 0 amide bonds. The predicted molar refractivity (Wildman–Crippen MR) is 54.1 cm³/mol. The Kier molecular flexibility index (Phi) is 2.02. The average Bonchev–Trinajstić information content (AvgIpc) is 2.56. The highest BCUT2D eigenvalue weighted by atomic mass is 32.1. The van der Waals surface area contributed by atoms with Crippen molar-refractivity contribution in [1.29, 1.82) is 0 Å². The van der Waals surface area contributed by atoms with Crippen LogP contribution in [0, 0.1) is 10.2 Å². The van der Waals surface area contributed by atoms with Gasteiger partial charge in [-0.05, 0) is 30.5 Å². The second kappa shape index (κ2) is 2.94. The van der Waals surface area contributed by atoms with E-state index in [0.29, 0.717) is 16.1 Å². The molecule has 1 saturated carbocycles. The minimum absolute atomic E-state index is 0.369. The molecule has 1 heterocycles. The summed E-state index contributed by atoms with van der Waals surface area (Å²) in [6.45, 7) is 4.60. The fourth-order valence-corrected chi connectivity index (χ4v) is 2.43. The summed E-state index contributed by atoms with van der Waals surface area (Å²) in [6.07, 6.45) is 3.80. The lowest BCUT2D eigenvalue weighted by Gasteiger charge is -2.24. The molecule has 1 fully saturated rings. The second-order valence-corrected chi connectivity index (χ2v) is 4.87. The molecule has 0 aromatic carbocycles. The molecular formula is C9H15N3S. The number of H-pyrrole nitrogens is 2. The van der Waals surface area contributed by atoms with Crippen molar-refractivity contribution in [3.05, 3.63) is 10.6 Å². The Labute approximate surface area is 83.0 Å². The van der Waals surface area contributed by atoms with E-state index in [1.165, 1.54) is 19.3 Å². The molecule has 1 aliphatic rings. The molecule has 1 unspecified atom stereocenters. The summed E-state index contributed by atoms with van der Waals surface area (Å²) in [6, 6.07) is 0. The highest BCUT2D eigenvalue weighted by Gasteiger charge is 2.37. The van der Waals surface area contributed by atoms with Crippen LogP contribution in [0.25, 0.3) is 0 Å². The molecule has 4 heteroatoms. The zero-order valence-electron chi connectivity index (χ0n) is 8.05. The van der Waals surface area contributed by atoms with Crippen LogP contribution in [0.3, 0.4) is 0 Å². The Hall–Kier alpha value is -0.640. The Balaban J connectivity index is 2.31. The van der Waals surface area contributed by atoms with E-state index < -0.39 is 0 Å². The van der Waals surface area contributed by atoms with Gasteiger partial charge in [0.25, 0.3) is 0 Å². The van der Waals surface area contributed by atoms with Gasteiger partial charge in [-0.3, -0.25) is 10.2 Å². The summed E-state index contributed by atoms with van der Waals surface area (Å²) >= 11 is 4.95. The van der Waals surface area contributed by atoms with Gasteiger partial charge < -0.3 is 0 Å². The van der Waals surface area contributed by atoms with Crippen molar-refractivity contribution in [2.24, 2.45) is 5.41 Å². The molecule has 72 valence electrons. The minimum atomic E-state index is 0.369. The van der Waals surface area contributed by atoms with E-state index in [4.69, 9.17) is 12.2 Å². The number of aromatic nitrogens is 3. The molecule has 3 nitrogen and oxygen atoms in total. The molecule has 1 aromatic rings. The molecule has 2 N–H and O–H groups in total. The Morgan fingerprint density at radius 3 is 2.69 bits per heavy atom. The molecule has 0 radical (unpaired) electrons. The summed E-state index contributed by atoms with van der Waals surface area (Å²) in [5.41, 5.74) is 0.369. The first-order chi connectivity index (χ1) is 6.09. The molecule has 1 atom stereocenters. The average molecular weight is 197 g/mol. The molecule has 2 rings (SSSR count). The number of aromatic amines is 2. The third-order valence-electron chi connectivity index (χ3n) is 3.11. The molecule has 1 aliphatic carbocycles. The zero-order chi connectivity index (χ0) is 9.47. The van der Waals surface area contributed by atoms with Crippen molar-refractivity contribution in [2.75, 3.05) is 0 Å². The fraction of sp³-hybridized carbons (Fsp3) is 0.778. The van der Waals surface area contributed by atoms with Crippen molar-refractivity contribution in [2.45, 2.75) is 39.0 Å². The third kappa shape index (κ3) is 1.55. The van der Waals surface area contributed by atoms with Gasteiger partial charge in [0, 0.05) is 5.92 Å². The van der Waals surface area contributed by atoms with Crippen LogP contribution in [0.1, 0.15) is 44.9 Å². The maximum atomic E-state index is 4.95. The van der Waals surface area contributed by atoms with E-state index in [0.717, 1.165) is 5.82 Å². The minimum Gasteiger partial charge on any atom is -0.285 e. The number of nitrogens with one attached hydrogen (secondary N) is 2. The number of hydrogen-bond donors (Lipinski definition) is 2. The van der Waals surface area contributed by atoms with Crippen molar-refractivity contribution >= 4 is 12.2 Å². The first-order valence-corrected chi connectivity index (χ1v) is 5.15. The van der Waals surface area contributed by atoms with E-state index in [-0.39, 0.29) is 0 Å². The Bertz CT molecular complexity index is 350. The molecule has 0 bridgehead atoms. The lowest BCUT2D eigenvalue weighted by molar-refractivity contribution is 0.322. The van der Waals surface area contributed by atoms with Gasteiger partial charge in [-0.25, -0.2) is 4.98 Å². The quantitative estimate of drug-likeness (QED) is 0.680. The van der Waals surface area contributed by atoms with E-state index >= 15 is 0 Å². The molecule has 0 saturated heterocycles. The standard InChI is InChI=1S/C9H15N3S/c1-9(2)5-3-4-6(9)7-10-8(13)12-11-7/h6H,3-5H2,1-2H3,(H2,10,11,12,13). The fourth-order valence-electron chi connectivity index (χ4n) is 2.28. The SMILES string of the molecule is CC1(C)CCCC1c1nc(=S)[nH][nH]1. The molecule has 1 aromatic heterocycles. The number of nitrogens with zero attached hydrogens (tertiary/aromatic N) is 1. The maximum absolute atomic E-state index is 4.95. The van der Waals surface area contributed by atoms with E-state index in [2.05, 4.69) is 29.0 Å². The summed E-state index contributed by atoms with van der Waals surface area (Å²) in [5, 5.41) is 5.92. The largest absolute Gasteiger partial charge is 0.285 e. The summed E-state index contributed by atoms with van der Waals surface area (Å²) in [7, 11) is 0. The van der Waals surface area contributed by atoms with Crippen molar-refractivity contribution in [1.82, 2.24) is 15.2 Å². The van der Waals surface area contributed by atoms with Crippen LogP contribution < -0.4 is 0 Å². The Morgan fingerprint density at radius 2 is 2.23 bits per heavy atom. The molecule has 0 spiro atoms. The van der Waals surface area contributed by atoms with Gasteiger partial charge in [-0.15, -0.1) is 0 Å². The van der Waals surface area contributed by atoms with Crippen LogP contribution in [0.15, 0.2) is 0 Å². The highest BCUT2D eigenvalue weighted by molar-refractivity contribution is 7.71. The lowest BCUT2D eigenvalue weighted by atomic mass is 9.81. The normalized spacial score (nSPS) is 26.5. The van der Waals surface area contributed by atoms with Crippen LogP contribution in [0.2, 0.25) is 0 Å². The van der Waals surface area contributed by atoms with Crippen LogP contribution >= 0.6 is 12.2 Å².